The average Bonchev–Trinajstić information content (AvgIpc) is 2.67. The van der Waals surface area contributed by atoms with Gasteiger partial charge >= 0.3 is 13.1 Å². The Hall–Kier alpha value is -0.565. The number of fused-ring (bicyclic) bond motifs is 1. The second-order valence-corrected chi connectivity index (χ2v) is 5.79. The Morgan fingerprint density at radius 2 is 2.35 bits per heavy atom. The lowest BCUT2D eigenvalue weighted by atomic mass is 9.78. The van der Waals surface area contributed by atoms with Crippen molar-refractivity contribution in [1.82, 2.24) is 0 Å². The lowest BCUT2D eigenvalue weighted by Crippen LogP contribution is -2.28. The van der Waals surface area contributed by atoms with Gasteiger partial charge in [-0.25, -0.2) is 0 Å². The van der Waals surface area contributed by atoms with Gasteiger partial charge in [-0.05, 0) is 40.5 Å². The minimum atomic E-state index is -1.18. The van der Waals surface area contributed by atoms with Gasteiger partial charge in [-0.3, -0.25) is 4.79 Å². The van der Waals surface area contributed by atoms with E-state index < -0.39 is 19.2 Å². The third-order valence-electron chi connectivity index (χ3n) is 2.86. The van der Waals surface area contributed by atoms with Crippen molar-refractivity contribution in [1.29, 1.82) is 0 Å². The van der Waals surface area contributed by atoms with E-state index in [9.17, 15) is 14.9 Å². The number of carbonyl (C=O) groups is 1. The maximum absolute atomic E-state index is 11.5. The Bertz CT molecular complexity index is 514. The monoisotopic (exact) mass is 410 g/mol. The fourth-order valence-electron chi connectivity index (χ4n) is 2.11. The molecule has 6 nitrogen and oxygen atoms in total. The molecular formula is C11H13BIO6P. The summed E-state index contributed by atoms with van der Waals surface area (Å²) in [5, 5.41) is 19.9. The van der Waals surface area contributed by atoms with Crippen molar-refractivity contribution >= 4 is 47.0 Å². The first kappa shape index (κ1) is 15.8. The van der Waals surface area contributed by atoms with E-state index in [0.29, 0.717) is 16.8 Å². The zero-order valence-corrected chi connectivity index (χ0v) is 13.8. The fourth-order valence-corrected chi connectivity index (χ4v) is 3.08. The van der Waals surface area contributed by atoms with Crippen LogP contribution in [0.25, 0.3) is 0 Å². The summed E-state index contributed by atoms with van der Waals surface area (Å²) in [6.45, 7) is 2.18. The molecule has 1 aliphatic heterocycles. The van der Waals surface area contributed by atoms with Crippen LogP contribution in [0.5, 0.6) is 11.5 Å². The number of phenols is 1. The van der Waals surface area contributed by atoms with Gasteiger partial charge in [0, 0.05) is 11.6 Å². The standard InChI is InChI=1S/C11H13BIO6P/c1-2-17-10(15)5-9-11-7(12(16)18-9)3-6(19-20-13)4-8(11)14/h3-4,9,14,16,20H,2,5H2,1H3. The second kappa shape index (κ2) is 6.93. The lowest BCUT2D eigenvalue weighted by molar-refractivity contribution is -0.145. The molecule has 2 unspecified atom stereocenters. The molecule has 2 N–H and O–H groups in total. The third kappa shape index (κ3) is 3.36. The SMILES string of the molecule is CCOC(=O)CC1OB(O)c2cc(OPI)cc(O)c21. The molecule has 1 aliphatic rings. The van der Waals surface area contributed by atoms with Crippen molar-refractivity contribution < 1.29 is 28.8 Å². The summed E-state index contributed by atoms with van der Waals surface area (Å²) < 4.78 is 15.5. The molecule has 0 spiro atoms. The molecule has 1 aromatic carbocycles. The van der Waals surface area contributed by atoms with E-state index in [1.54, 1.807) is 13.0 Å². The Kier molecular flexibility index (Phi) is 5.48. The molecule has 20 heavy (non-hydrogen) atoms. The Morgan fingerprint density at radius 1 is 1.60 bits per heavy atom. The van der Waals surface area contributed by atoms with Gasteiger partial charge in [-0.2, -0.15) is 0 Å². The summed E-state index contributed by atoms with van der Waals surface area (Å²) in [5.74, 6) is -0.0440. The van der Waals surface area contributed by atoms with Crippen LogP contribution in [-0.2, 0) is 14.2 Å². The van der Waals surface area contributed by atoms with Crippen LogP contribution in [0, 0.1) is 0 Å². The lowest BCUT2D eigenvalue weighted by Gasteiger charge is -2.13. The van der Waals surface area contributed by atoms with Crippen LogP contribution < -0.4 is 9.99 Å². The molecule has 108 valence electrons. The van der Waals surface area contributed by atoms with Crippen LogP contribution in [-0.4, -0.2) is 29.8 Å². The summed E-state index contributed by atoms with van der Waals surface area (Å²) in [6, 6.07) is 3.06. The third-order valence-corrected chi connectivity index (χ3v) is 3.83. The number of carbonyl (C=O) groups excluding carboxylic acids is 1. The topological polar surface area (TPSA) is 85.2 Å². The first-order valence-electron chi connectivity index (χ1n) is 5.95. The van der Waals surface area contributed by atoms with Crippen LogP contribution in [0.2, 0.25) is 0 Å². The number of phenolic OH excluding ortho intramolecular Hbond substituents is 1. The Labute approximate surface area is 131 Å². The van der Waals surface area contributed by atoms with Crippen molar-refractivity contribution in [3.63, 3.8) is 0 Å². The predicted octanol–water partition coefficient (Wildman–Crippen LogP) is 1.43. The molecule has 0 fully saturated rings. The van der Waals surface area contributed by atoms with Gasteiger partial charge in [0.1, 0.15) is 17.9 Å². The molecule has 2 atom stereocenters. The van der Waals surface area contributed by atoms with Crippen LogP contribution in [0.15, 0.2) is 12.1 Å². The smallest absolute Gasteiger partial charge is 0.492 e. The summed E-state index contributed by atoms with van der Waals surface area (Å²) in [4.78, 5) is 11.5. The highest BCUT2D eigenvalue weighted by Gasteiger charge is 2.39. The number of hydrogen-bond acceptors (Lipinski definition) is 6. The van der Waals surface area contributed by atoms with Crippen LogP contribution in [0.3, 0.4) is 0 Å². The summed E-state index contributed by atoms with van der Waals surface area (Å²) in [6.07, 6.45) is -0.769. The molecular weight excluding hydrogens is 397 g/mol. The van der Waals surface area contributed by atoms with Gasteiger partial charge in [0.15, 0.2) is 0 Å². The molecule has 0 aliphatic carbocycles. The van der Waals surface area contributed by atoms with Gasteiger partial charge in [-0.15, -0.1) is 0 Å². The highest BCUT2D eigenvalue weighted by Crippen LogP contribution is 2.37. The van der Waals surface area contributed by atoms with Gasteiger partial charge in [0.25, 0.3) is 0 Å². The molecule has 0 radical (unpaired) electrons. The highest BCUT2D eigenvalue weighted by molar-refractivity contribution is 14.2. The number of ether oxygens (including phenoxy) is 1. The molecule has 0 saturated carbocycles. The number of hydrogen-bond donors (Lipinski definition) is 2. The molecule has 1 heterocycles. The Balaban J connectivity index is 2.26. The Morgan fingerprint density at radius 3 is 3.00 bits per heavy atom. The number of benzene rings is 1. The van der Waals surface area contributed by atoms with Crippen LogP contribution in [0.1, 0.15) is 25.0 Å². The van der Waals surface area contributed by atoms with Crippen molar-refractivity contribution in [2.75, 3.05) is 6.61 Å². The molecule has 0 saturated heterocycles. The van der Waals surface area contributed by atoms with Crippen LogP contribution >= 0.6 is 28.5 Å². The van der Waals surface area contributed by atoms with Crippen molar-refractivity contribution in [2.24, 2.45) is 0 Å². The molecule has 0 aromatic heterocycles. The average molecular weight is 410 g/mol. The van der Waals surface area contributed by atoms with Gasteiger partial charge in [0.2, 0.25) is 0 Å². The van der Waals surface area contributed by atoms with E-state index in [-0.39, 0.29) is 25.2 Å². The van der Waals surface area contributed by atoms with E-state index in [4.69, 9.17) is 13.9 Å². The van der Waals surface area contributed by atoms with E-state index in [0.717, 1.165) is 0 Å². The zero-order chi connectivity index (χ0) is 14.7. The van der Waals surface area contributed by atoms with Crippen molar-refractivity contribution in [3.8, 4) is 11.5 Å². The summed E-state index contributed by atoms with van der Waals surface area (Å²) >= 11 is 2.05. The minimum Gasteiger partial charge on any atom is -0.507 e. The predicted molar refractivity (Wildman–Crippen MR) is 83.8 cm³/mol. The van der Waals surface area contributed by atoms with Crippen molar-refractivity contribution in [3.05, 3.63) is 17.7 Å². The van der Waals surface area contributed by atoms with Gasteiger partial charge in [-0.1, -0.05) is 0 Å². The number of esters is 1. The first-order chi connectivity index (χ1) is 9.56. The van der Waals surface area contributed by atoms with Gasteiger partial charge in [0.05, 0.1) is 19.1 Å². The molecule has 0 amide bonds. The maximum atomic E-state index is 11.5. The second-order valence-electron chi connectivity index (χ2n) is 4.11. The first-order valence-corrected chi connectivity index (χ1v) is 9.97. The fraction of sp³-hybridized carbons (Fsp3) is 0.364. The molecule has 2 rings (SSSR count). The normalized spacial score (nSPS) is 17.6. The molecule has 0 bridgehead atoms. The quantitative estimate of drug-likeness (QED) is 0.331. The van der Waals surface area contributed by atoms with Crippen LogP contribution in [0.4, 0.5) is 0 Å². The number of halogens is 1. The van der Waals surface area contributed by atoms with Gasteiger partial charge < -0.3 is 24.0 Å². The number of rotatable bonds is 5. The van der Waals surface area contributed by atoms with E-state index >= 15 is 0 Å². The minimum absolute atomic E-state index is 0.0559. The van der Waals surface area contributed by atoms with E-state index in [1.807, 2.05) is 0 Å². The van der Waals surface area contributed by atoms with E-state index in [1.165, 1.54) is 6.07 Å². The highest BCUT2D eigenvalue weighted by atomic mass is 127. The summed E-state index contributed by atoms with van der Waals surface area (Å²) in [5.41, 5.74) is 0.832. The van der Waals surface area contributed by atoms with E-state index in [2.05, 4.69) is 22.0 Å². The molecule has 1 aromatic rings. The molecule has 9 heteroatoms. The summed E-state index contributed by atoms with van der Waals surface area (Å²) in [7, 11) is -1.18. The van der Waals surface area contributed by atoms with Crippen molar-refractivity contribution in [2.45, 2.75) is 19.4 Å². The zero-order valence-electron chi connectivity index (χ0n) is 10.6. The largest absolute Gasteiger partial charge is 0.507 e. The maximum Gasteiger partial charge on any atom is 0.492 e. The number of aromatic hydroxyl groups is 1.